The minimum atomic E-state index is 0.700. The smallest absolute Gasteiger partial charge is 0.205 e. The second-order valence-electron chi connectivity index (χ2n) is 6.84. The molecule has 0 spiro atoms. The summed E-state index contributed by atoms with van der Waals surface area (Å²) >= 11 is 1.50. The highest BCUT2D eigenvalue weighted by Crippen LogP contribution is 2.19. The minimum Gasteiger partial charge on any atom is -0.383 e. The van der Waals surface area contributed by atoms with Gasteiger partial charge in [0.05, 0.1) is 6.61 Å². The molecule has 0 radical (unpaired) electrons. The number of guanidine groups is 1. The number of benzene rings is 1. The highest BCUT2D eigenvalue weighted by Gasteiger charge is 2.21. The van der Waals surface area contributed by atoms with E-state index in [0.29, 0.717) is 6.61 Å². The zero-order valence-corrected chi connectivity index (χ0v) is 18.3. The third-order valence-electron chi connectivity index (χ3n) is 4.87. The lowest BCUT2D eigenvalue weighted by Gasteiger charge is -2.36. The van der Waals surface area contributed by atoms with Crippen LogP contribution in [-0.2, 0) is 17.7 Å². The number of aliphatic imine (C=N–C) groups is 1. The fraction of sp³-hybridized carbons (Fsp3) is 0.550. The van der Waals surface area contributed by atoms with Crippen molar-refractivity contribution in [1.29, 1.82) is 0 Å². The van der Waals surface area contributed by atoms with Crippen LogP contribution < -0.4 is 15.5 Å². The van der Waals surface area contributed by atoms with Gasteiger partial charge in [-0.05, 0) is 17.7 Å². The Balaban J connectivity index is 1.46. The molecule has 0 atom stereocenters. The summed E-state index contributed by atoms with van der Waals surface area (Å²) in [5.74, 6) is 1.88. The Kier molecular flexibility index (Phi) is 8.06. The van der Waals surface area contributed by atoms with Crippen LogP contribution in [0.25, 0.3) is 0 Å². The van der Waals surface area contributed by atoms with Crippen molar-refractivity contribution >= 4 is 28.3 Å². The van der Waals surface area contributed by atoms with Crippen LogP contribution in [0.1, 0.15) is 18.3 Å². The SMILES string of the molecule is CCc1nsc(N2CCN(C(=NC)NCc3ccc(NCCOC)cc3)CC2)n1. The molecule has 2 heterocycles. The Hall–Kier alpha value is -2.39. The van der Waals surface area contributed by atoms with E-state index in [2.05, 4.69) is 66.0 Å². The van der Waals surface area contributed by atoms with E-state index in [9.17, 15) is 0 Å². The molecule has 0 saturated carbocycles. The van der Waals surface area contributed by atoms with E-state index >= 15 is 0 Å². The number of nitrogens with one attached hydrogen (secondary N) is 2. The van der Waals surface area contributed by atoms with Crippen LogP contribution in [-0.4, -0.2) is 73.7 Å². The number of aromatic nitrogens is 2. The number of piperazine rings is 1. The Morgan fingerprint density at radius 2 is 1.97 bits per heavy atom. The topological polar surface area (TPSA) is 77.9 Å². The van der Waals surface area contributed by atoms with Crippen LogP contribution in [0.5, 0.6) is 0 Å². The first-order valence-electron chi connectivity index (χ1n) is 10.1. The van der Waals surface area contributed by atoms with Crippen LogP contribution in [0.2, 0.25) is 0 Å². The van der Waals surface area contributed by atoms with Gasteiger partial charge < -0.3 is 25.2 Å². The molecular formula is C20H31N7OS. The van der Waals surface area contributed by atoms with Gasteiger partial charge in [-0.3, -0.25) is 4.99 Å². The van der Waals surface area contributed by atoms with Crippen molar-refractivity contribution in [3.05, 3.63) is 35.7 Å². The molecule has 158 valence electrons. The zero-order valence-electron chi connectivity index (χ0n) is 17.5. The molecule has 9 heteroatoms. The second kappa shape index (κ2) is 11.0. The quantitative estimate of drug-likeness (QED) is 0.387. The molecule has 0 aliphatic carbocycles. The number of methoxy groups -OCH3 is 1. The predicted octanol–water partition coefficient (Wildman–Crippen LogP) is 2.06. The molecule has 2 N–H and O–H groups in total. The fourth-order valence-corrected chi connectivity index (χ4v) is 3.98. The molecule has 1 fully saturated rings. The van der Waals surface area contributed by atoms with Crippen molar-refractivity contribution in [1.82, 2.24) is 19.6 Å². The summed E-state index contributed by atoms with van der Waals surface area (Å²) in [5, 5.41) is 7.85. The molecule has 1 aromatic heterocycles. The average Bonchev–Trinajstić information content (AvgIpc) is 3.25. The first-order valence-corrected chi connectivity index (χ1v) is 10.9. The Morgan fingerprint density at radius 1 is 1.21 bits per heavy atom. The molecule has 1 saturated heterocycles. The first kappa shape index (κ1) is 21.3. The summed E-state index contributed by atoms with van der Waals surface area (Å²) in [6.45, 7) is 8.05. The molecular weight excluding hydrogens is 386 g/mol. The number of anilines is 2. The standard InChI is InChI=1S/C20H31N7OS/c1-4-18-24-20(29-25-18)27-12-10-26(11-13-27)19(21-2)23-15-16-5-7-17(8-6-16)22-9-14-28-3/h5-8,22H,4,9-15H2,1-3H3,(H,21,23). The van der Waals surface area contributed by atoms with E-state index in [-0.39, 0.29) is 0 Å². The third-order valence-corrected chi connectivity index (χ3v) is 5.69. The Bertz CT molecular complexity index is 769. The lowest BCUT2D eigenvalue weighted by Crippen LogP contribution is -2.52. The predicted molar refractivity (Wildman–Crippen MR) is 120 cm³/mol. The number of ether oxygens (including phenoxy) is 1. The summed E-state index contributed by atoms with van der Waals surface area (Å²) < 4.78 is 9.46. The van der Waals surface area contributed by atoms with Crippen molar-refractivity contribution in [2.45, 2.75) is 19.9 Å². The van der Waals surface area contributed by atoms with Gasteiger partial charge in [0.15, 0.2) is 5.96 Å². The second-order valence-corrected chi connectivity index (χ2v) is 7.57. The van der Waals surface area contributed by atoms with E-state index in [1.54, 1.807) is 7.11 Å². The van der Waals surface area contributed by atoms with E-state index in [1.165, 1.54) is 17.1 Å². The molecule has 8 nitrogen and oxygen atoms in total. The summed E-state index contributed by atoms with van der Waals surface area (Å²) in [6, 6.07) is 8.46. The van der Waals surface area contributed by atoms with E-state index in [0.717, 1.165) is 68.3 Å². The molecule has 1 aliphatic rings. The van der Waals surface area contributed by atoms with Crippen molar-refractivity contribution in [3.63, 3.8) is 0 Å². The van der Waals surface area contributed by atoms with Crippen LogP contribution in [0, 0.1) is 0 Å². The van der Waals surface area contributed by atoms with Gasteiger partial charge in [-0.1, -0.05) is 19.1 Å². The Morgan fingerprint density at radius 3 is 2.59 bits per heavy atom. The van der Waals surface area contributed by atoms with E-state index < -0.39 is 0 Å². The van der Waals surface area contributed by atoms with Gasteiger partial charge in [0.1, 0.15) is 5.82 Å². The van der Waals surface area contributed by atoms with Gasteiger partial charge in [0.25, 0.3) is 0 Å². The van der Waals surface area contributed by atoms with Crippen LogP contribution in [0.4, 0.5) is 10.8 Å². The number of hydrogen-bond acceptors (Lipinski definition) is 7. The number of aryl methyl sites for hydroxylation is 1. The Labute approximate surface area is 177 Å². The molecule has 0 amide bonds. The molecule has 0 unspecified atom stereocenters. The lowest BCUT2D eigenvalue weighted by atomic mass is 10.2. The monoisotopic (exact) mass is 417 g/mol. The summed E-state index contributed by atoms with van der Waals surface area (Å²) in [5.41, 5.74) is 2.33. The van der Waals surface area contributed by atoms with Crippen molar-refractivity contribution in [2.24, 2.45) is 4.99 Å². The normalized spacial score (nSPS) is 14.9. The van der Waals surface area contributed by atoms with Crippen LogP contribution in [0.3, 0.4) is 0 Å². The van der Waals surface area contributed by atoms with E-state index in [1.807, 2.05) is 7.05 Å². The lowest BCUT2D eigenvalue weighted by molar-refractivity contribution is 0.211. The number of rotatable bonds is 8. The first-order chi connectivity index (χ1) is 14.2. The summed E-state index contributed by atoms with van der Waals surface area (Å²) in [6.07, 6.45) is 0.886. The van der Waals surface area contributed by atoms with Gasteiger partial charge in [-0.15, -0.1) is 0 Å². The molecule has 1 aliphatic heterocycles. The third kappa shape index (κ3) is 6.04. The van der Waals surface area contributed by atoms with Crippen molar-refractivity contribution in [3.8, 4) is 0 Å². The van der Waals surface area contributed by atoms with Gasteiger partial charge in [-0.2, -0.15) is 4.37 Å². The largest absolute Gasteiger partial charge is 0.383 e. The molecule has 3 rings (SSSR count). The molecule has 1 aromatic carbocycles. The van der Waals surface area contributed by atoms with Crippen molar-refractivity contribution < 1.29 is 4.74 Å². The molecule has 0 bridgehead atoms. The highest BCUT2D eigenvalue weighted by atomic mass is 32.1. The number of hydrogen-bond donors (Lipinski definition) is 2. The van der Waals surface area contributed by atoms with Gasteiger partial charge >= 0.3 is 0 Å². The summed E-state index contributed by atoms with van der Waals surface area (Å²) in [7, 11) is 3.55. The highest BCUT2D eigenvalue weighted by molar-refractivity contribution is 7.09. The number of nitrogens with zero attached hydrogens (tertiary/aromatic N) is 5. The van der Waals surface area contributed by atoms with E-state index in [4.69, 9.17) is 4.74 Å². The zero-order chi connectivity index (χ0) is 20.5. The summed E-state index contributed by atoms with van der Waals surface area (Å²) in [4.78, 5) is 13.7. The fourth-order valence-electron chi connectivity index (χ4n) is 3.18. The van der Waals surface area contributed by atoms with Gasteiger partial charge in [0.2, 0.25) is 5.13 Å². The maximum absolute atomic E-state index is 5.06. The van der Waals surface area contributed by atoms with Crippen LogP contribution in [0.15, 0.2) is 29.3 Å². The van der Waals surface area contributed by atoms with Gasteiger partial charge in [-0.25, -0.2) is 4.98 Å². The maximum atomic E-state index is 5.06. The minimum absolute atomic E-state index is 0.700. The maximum Gasteiger partial charge on any atom is 0.205 e. The molecule has 29 heavy (non-hydrogen) atoms. The van der Waals surface area contributed by atoms with Crippen LogP contribution >= 0.6 is 11.5 Å². The average molecular weight is 418 g/mol. The molecule has 2 aromatic rings. The van der Waals surface area contributed by atoms with Gasteiger partial charge in [0, 0.05) is 77.1 Å². The van der Waals surface area contributed by atoms with Crippen molar-refractivity contribution in [2.75, 3.05) is 63.7 Å².